The van der Waals surface area contributed by atoms with Gasteiger partial charge in [0.1, 0.15) is 15.0 Å². The Balaban J connectivity index is 2.16. The molecule has 2 aromatic heterocycles. The van der Waals surface area contributed by atoms with Crippen molar-refractivity contribution in [1.29, 1.82) is 0 Å². The third-order valence-corrected chi connectivity index (χ3v) is 4.06. The molecular weight excluding hydrogens is 315 g/mol. The highest BCUT2D eigenvalue weighted by atomic mass is 127. The molecule has 1 fully saturated rings. The summed E-state index contributed by atoms with van der Waals surface area (Å²) in [6, 6.07) is 0. The summed E-state index contributed by atoms with van der Waals surface area (Å²) in [6.45, 7) is 2.28. The normalized spacial score (nSPS) is 24.6. The molecule has 4 nitrogen and oxygen atoms in total. The van der Waals surface area contributed by atoms with E-state index in [0.29, 0.717) is 11.7 Å². The number of nitrogens with zero attached hydrogens (tertiary/aromatic N) is 3. The number of rotatable bonds is 1. The minimum atomic E-state index is 0.568. The second kappa shape index (κ2) is 3.58. The van der Waals surface area contributed by atoms with Gasteiger partial charge in [0, 0.05) is 18.3 Å². The number of nitrogens with two attached hydrogens (primary N) is 1. The first-order valence-electron chi connectivity index (χ1n) is 5.44. The highest BCUT2D eigenvalue weighted by molar-refractivity contribution is 14.1. The maximum absolute atomic E-state index is 5.88. The van der Waals surface area contributed by atoms with E-state index >= 15 is 0 Å². The second-order valence-corrected chi connectivity index (χ2v) is 5.59. The lowest BCUT2D eigenvalue weighted by Gasteiger charge is -2.31. The first kappa shape index (κ1) is 10.3. The Morgan fingerprint density at radius 1 is 1.50 bits per heavy atom. The lowest BCUT2D eigenvalue weighted by molar-refractivity contribution is 0.277. The third kappa shape index (κ3) is 1.41. The average molecular weight is 328 g/mol. The highest BCUT2D eigenvalue weighted by Crippen LogP contribution is 2.41. The van der Waals surface area contributed by atoms with Crippen molar-refractivity contribution in [1.82, 2.24) is 14.4 Å². The SMILES string of the molecule is C[C@H]1C[C@H](c2nc(I)c3c(N)nccn32)C1. The molecule has 0 amide bonds. The van der Waals surface area contributed by atoms with Crippen LogP contribution >= 0.6 is 22.6 Å². The van der Waals surface area contributed by atoms with Crippen LogP contribution in [-0.2, 0) is 0 Å². The molecule has 16 heavy (non-hydrogen) atoms. The van der Waals surface area contributed by atoms with Crippen LogP contribution in [0.4, 0.5) is 5.82 Å². The van der Waals surface area contributed by atoms with Crippen LogP contribution in [0.5, 0.6) is 0 Å². The summed E-state index contributed by atoms with van der Waals surface area (Å²) in [5.74, 6) is 3.13. The van der Waals surface area contributed by atoms with Gasteiger partial charge in [-0.05, 0) is 41.4 Å². The zero-order valence-electron chi connectivity index (χ0n) is 9.02. The molecule has 0 radical (unpaired) electrons. The molecule has 84 valence electrons. The van der Waals surface area contributed by atoms with Crippen LogP contribution in [-0.4, -0.2) is 14.4 Å². The van der Waals surface area contributed by atoms with Gasteiger partial charge >= 0.3 is 0 Å². The first-order chi connectivity index (χ1) is 7.66. The Labute approximate surface area is 107 Å². The van der Waals surface area contributed by atoms with Gasteiger partial charge in [-0.15, -0.1) is 0 Å². The lowest BCUT2D eigenvalue weighted by Crippen LogP contribution is -2.21. The van der Waals surface area contributed by atoms with Gasteiger partial charge < -0.3 is 5.73 Å². The molecule has 0 aliphatic heterocycles. The van der Waals surface area contributed by atoms with Crippen molar-refractivity contribution >= 4 is 33.9 Å². The largest absolute Gasteiger partial charge is 0.382 e. The third-order valence-electron chi connectivity index (χ3n) is 3.31. The molecule has 0 aromatic carbocycles. The zero-order valence-corrected chi connectivity index (χ0v) is 11.2. The summed E-state index contributed by atoms with van der Waals surface area (Å²) >= 11 is 2.23. The molecule has 0 bridgehead atoms. The Morgan fingerprint density at radius 2 is 2.25 bits per heavy atom. The molecule has 1 saturated carbocycles. The number of hydrogen-bond donors (Lipinski definition) is 1. The van der Waals surface area contributed by atoms with Crippen LogP contribution in [0.15, 0.2) is 12.4 Å². The van der Waals surface area contributed by atoms with Gasteiger partial charge in [0.2, 0.25) is 0 Å². The molecule has 0 saturated heterocycles. The van der Waals surface area contributed by atoms with Crippen molar-refractivity contribution in [3.63, 3.8) is 0 Å². The smallest absolute Gasteiger partial charge is 0.150 e. The lowest BCUT2D eigenvalue weighted by atomic mass is 9.76. The Hall–Kier alpha value is -0.850. The zero-order chi connectivity index (χ0) is 11.3. The predicted molar refractivity (Wildman–Crippen MR) is 71.3 cm³/mol. The monoisotopic (exact) mass is 328 g/mol. The van der Waals surface area contributed by atoms with Crippen LogP contribution in [0.25, 0.3) is 5.52 Å². The average Bonchev–Trinajstić information content (AvgIpc) is 2.53. The van der Waals surface area contributed by atoms with Gasteiger partial charge in [0.05, 0.1) is 0 Å². The van der Waals surface area contributed by atoms with E-state index in [9.17, 15) is 0 Å². The van der Waals surface area contributed by atoms with Crippen LogP contribution in [0.2, 0.25) is 0 Å². The van der Waals surface area contributed by atoms with Crippen LogP contribution < -0.4 is 5.73 Å². The van der Waals surface area contributed by atoms with E-state index in [1.807, 2.05) is 6.20 Å². The number of nitrogen functional groups attached to an aromatic ring is 1. The summed E-state index contributed by atoms with van der Waals surface area (Å²) in [5.41, 5.74) is 6.84. The Kier molecular flexibility index (Phi) is 2.31. The number of hydrogen-bond acceptors (Lipinski definition) is 3. The van der Waals surface area contributed by atoms with Gasteiger partial charge in [-0.2, -0.15) is 0 Å². The number of halogens is 1. The van der Waals surface area contributed by atoms with Crippen molar-refractivity contribution < 1.29 is 0 Å². The highest BCUT2D eigenvalue weighted by Gasteiger charge is 2.31. The summed E-state index contributed by atoms with van der Waals surface area (Å²) in [5, 5.41) is 0. The van der Waals surface area contributed by atoms with Gasteiger partial charge in [0.15, 0.2) is 5.82 Å². The molecule has 0 spiro atoms. The standard InChI is InChI=1S/C11H13IN4/c1-6-4-7(5-6)11-15-9(12)8-10(13)14-2-3-16(8)11/h2-3,6-7H,4-5H2,1H3,(H2,13,14)/t6-,7-. The topological polar surface area (TPSA) is 56.2 Å². The van der Waals surface area contributed by atoms with E-state index in [0.717, 1.165) is 21.0 Å². The molecule has 5 heteroatoms. The van der Waals surface area contributed by atoms with Crippen molar-refractivity contribution in [2.45, 2.75) is 25.7 Å². The minimum Gasteiger partial charge on any atom is -0.382 e. The van der Waals surface area contributed by atoms with E-state index in [4.69, 9.17) is 5.73 Å². The second-order valence-electron chi connectivity index (χ2n) is 4.57. The fraction of sp³-hybridized carbons (Fsp3) is 0.455. The van der Waals surface area contributed by atoms with E-state index in [1.165, 1.54) is 12.8 Å². The summed E-state index contributed by atoms with van der Waals surface area (Å²) in [4.78, 5) is 8.75. The van der Waals surface area contributed by atoms with Gasteiger partial charge in [-0.3, -0.25) is 4.40 Å². The minimum absolute atomic E-state index is 0.568. The molecule has 3 rings (SSSR count). The number of imidazole rings is 1. The quantitative estimate of drug-likeness (QED) is 0.818. The predicted octanol–water partition coefficient (Wildman–Crippen LogP) is 2.43. The summed E-state index contributed by atoms with van der Waals surface area (Å²) in [7, 11) is 0. The fourth-order valence-electron chi connectivity index (χ4n) is 2.44. The van der Waals surface area contributed by atoms with Gasteiger partial charge in [0.25, 0.3) is 0 Å². The van der Waals surface area contributed by atoms with E-state index < -0.39 is 0 Å². The van der Waals surface area contributed by atoms with Gasteiger partial charge in [-0.25, -0.2) is 9.97 Å². The van der Waals surface area contributed by atoms with E-state index in [2.05, 4.69) is 43.9 Å². The Bertz CT molecular complexity index is 542. The fourth-order valence-corrected chi connectivity index (χ4v) is 3.23. The molecular formula is C11H13IN4. The number of fused-ring (bicyclic) bond motifs is 1. The van der Waals surface area contributed by atoms with Crippen LogP contribution in [0, 0.1) is 9.62 Å². The number of aromatic nitrogens is 3. The van der Waals surface area contributed by atoms with Crippen molar-refractivity contribution in [3.8, 4) is 0 Å². The van der Waals surface area contributed by atoms with Crippen LogP contribution in [0.1, 0.15) is 31.5 Å². The van der Waals surface area contributed by atoms with E-state index in [1.54, 1.807) is 6.20 Å². The molecule has 2 heterocycles. The summed E-state index contributed by atoms with van der Waals surface area (Å²) < 4.78 is 3.05. The molecule has 0 atom stereocenters. The molecule has 0 unspecified atom stereocenters. The maximum atomic E-state index is 5.88. The Morgan fingerprint density at radius 3 is 2.94 bits per heavy atom. The van der Waals surface area contributed by atoms with E-state index in [-0.39, 0.29) is 0 Å². The van der Waals surface area contributed by atoms with Crippen molar-refractivity contribution in [2.24, 2.45) is 5.92 Å². The van der Waals surface area contributed by atoms with Gasteiger partial charge in [-0.1, -0.05) is 6.92 Å². The number of anilines is 1. The first-order valence-corrected chi connectivity index (χ1v) is 6.52. The molecule has 1 aliphatic rings. The molecule has 2 aromatic rings. The summed E-state index contributed by atoms with van der Waals surface area (Å²) in [6.07, 6.45) is 6.17. The van der Waals surface area contributed by atoms with Crippen molar-refractivity contribution in [3.05, 3.63) is 21.9 Å². The van der Waals surface area contributed by atoms with Crippen molar-refractivity contribution in [2.75, 3.05) is 5.73 Å². The molecule has 2 N–H and O–H groups in total. The molecule has 1 aliphatic carbocycles. The van der Waals surface area contributed by atoms with Crippen LogP contribution in [0.3, 0.4) is 0 Å². The maximum Gasteiger partial charge on any atom is 0.150 e.